The predicted molar refractivity (Wildman–Crippen MR) is 127 cm³/mol. The molecule has 1 saturated heterocycles. The van der Waals surface area contributed by atoms with Gasteiger partial charge in [0.15, 0.2) is 0 Å². The Labute approximate surface area is 192 Å². The van der Waals surface area contributed by atoms with Crippen LogP contribution < -0.4 is 0 Å². The summed E-state index contributed by atoms with van der Waals surface area (Å²) in [6, 6.07) is 10.3. The SMILES string of the molecule is C[C@@H](CC#CCCc1ccccc1)[C@H](O)/C=C/C1CCC(=O)N1CCCCCCC(=O)O. The first-order valence-electron chi connectivity index (χ1n) is 11.8. The van der Waals surface area contributed by atoms with Crippen molar-refractivity contribution in [2.24, 2.45) is 5.92 Å². The third-order valence-corrected chi connectivity index (χ3v) is 5.96. The molecule has 1 aromatic rings. The Hall–Kier alpha value is -2.58. The van der Waals surface area contributed by atoms with Crippen LogP contribution in [0.2, 0.25) is 0 Å². The summed E-state index contributed by atoms with van der Waals surface area (Å²) in [6.45, 7) is 2.69. The van der Waals surface area contributed by atoms with Gasteiger partial charge in [0, 0.05) is 32.2 Å². The molecule has 0 saturated carbocycles. The number of amides is 1. The molecule has 5 heteroatoms. The van der Waals surface area contributed by atoms with Crippen molar-refractivity contribution in [1.82, 2.24) is 4.90 Å². The van der Waals surface area contributed by atoms with Crippen LogP contribution in [0.5, 0.6) is 0 Å². The van der Waals surface area contributed by atoms with E-state index < -0.39 is 12.1 Å². The Morgan fingerprint density at radius 1 is 1.19 bits per heavy atom. The van der Waals surface area contributed by atoms with Crippen molar-refractivity contribution in [2.75, 3.05) is 6.54 Å². The summed E-state index contributed by atoms with van der Waals surface area (Å²) in [4.78, 5) is 24.7. The first-order valence-corrected chi connectivity index (χ1v) is 11.8. The highest BCUT2D eigenvalue weighted by atomic mass is 16.4. The minimum absolute atomic E-state index is 0.0373. The molecule has 1 unspecified atom stereocenters. The zero-order chi connectivity index (χ0) is 23.2. The van der Waals surface area contributed by atoms with Gasteiger partial charge in [-0.3, -0.25) is 9.59 Å². The standard InChI is InChI=1S/C27H37NO4/c1-22(12-6-4-7-13-23-14-8-5-9-15-23)25(29)19-17-24-18-20-26(30)28(24)21-11-3-2-10-16-27(31)32/h5,8-9,14-15,17,19,22,24-25,29H,2-3,7,10-13,16,18,20-21H2,1H3,(H,31,32)/b19-17+/t22-,24?,25+/m0/s1. The van der Waals surface area contributed by atoms with Gasteiger partial charge in [0.25, 0.3) is 0 Å². The van der Waals surface area contributed by atoms with Crippen LogP contribution in [0, 0.1) is 17.8 Å². The first kappa shape index (κ1) is 25.7. The van der Waals surface area contributed by atoms with E-state index in [1.54, 1.807) is 0 Å². The molecule has 0 bridgehead atoms. The monoisotopic (exact) mass is 439 g/mol. The number of carboxylic acids is 1. The van der Waals surface area contributed by atoms with Crippen LogP contribution in [0.3, 0.4) is 0 Å². The third-order valence-electron chi connectivity index (χ3n) is 5.96. The van der Waals surface area contributed by atoms with Crippen molar-refractivity contribution < 1.29 is 19.8 Å². The van der Waals surface area contributed by atoms with Crippen molar-refractivity contribution in [3.05, 3.63) is 48.0 Å². The Balaban J connectivity index is 1.69. The average molecular weight is 440 g/mol. The largest absolute Gasteiger partial charge is 0.481 e. The van der Waals surface area contributed by atoms with Gasteiger partial charge in [-0.2, -0.15) is 0 Å². The Morgan fingerprint density at radius 2 is 1.94 bits per heavy atom. The van der Waals surface area contributed by atoms with E-state index in [0.717, 1.165) is 38.5 Å². The highest BCUT2D eigenvalue weighted by Gasteiger charge is 2.28. The number of rotatable bonds is 13. The molecule has 0 radical (unpaired) electrons. The number of benzene rings is 1. The molecule has 1 aliphatic rings. The lowest BCUT2D eigenvalue weighted by molar-refractivity contribution is -0.137. The molecule has 32 heavy (non-hydrogen) atoms. The van der Waals surface area contributed by atoms with E-state index in [-0.39, 0.29) is 24.3 Å². The topological polar surface area (TPSA) is 77.8 Å². The number of aryl methyl sites for hydroxylation is 1. The van der Waals surface area contributed by atoms with Gasteiger partial charge >= 0.3 is 5.97 Å². The van der Waals surface area contributed by atoms with Crippen LogP contribution in [0.15, 0.2) is 42.5 Å². The molecule has 3 atom stereocenters. The molecule has 0 aliphatic carbocycles. The van der Waals surface area contributed by atoms with E-state index in [1.807, 2.05) is 42.2 Å². The maximum atomic E-state index is 12.2. The third kappa shape index (κ3) is 9.70. The highest BCUT2D eigenvalue weighted by molar-refractivity contribution is 5.79. The first-order chi connectivity index (χ1) is 15.5. The van der Waals surface area contributed by atoms with Crippen molar-refractivity contribution in [1.29, 1.82) is 0 Å². The Kier molecular flexibility index (Phi) is 11.6. The predicted octanol–water partition coefficient (Wildman–Crippen LogP) is 4.59. The lowest BCUT2D eigenvalue weighted by atomic mass is 9.99. The summed E-state index contributed by atoms with van der Waals surface area (Å²) in [7, 11) is 0. The highest BCUT2D eigenvalue weighted by Crippen LogP contribution is 2.22. The molecule has 0 aromatic heterocycles. The summed E-state index contributed by atoms with van der Waals surface area (Å²) in [5, 5.41) is 19.2. The Bertz CT molecular complexity index is 793. The average Bonchev–Trinajstić information content (AvgIpc) is 3.13. The lowest BCUT2D eigenvalue weighted by Crippen LogP contribution is -2.33. The molecular formula is C27H37NO4. The van der Waals surface area contributed by atoms with Crippen LogP contribution in [-0.4, -0.2) is 45.7 Å². The molecule has 2 N–H and O–H groups in total. The van der Waals surface area contributed by atoms with E-state index in [0.29, 0.717) is 25.8 Å². The summed E-state index contributed by atoms with van der Waals surface area (Å²) in [6.07, 6.45) is 10.5. The fraction of sp³-hybridized carbons (Fsp3) is 0.556. The minimum atomic E-state index is -0.754. The molecule has 2 rings (SSSR count). The van der Waals surface area contributed by atoms with Gasteiger partial charge in [0.05, 0.1) is 12.1 Å². The maximum Gasteiger partial charge on any atom is 0.303 e. The summed E-state index contributed by atoms with van der Waals surface area (Å²) >= 11 is 0. The number of nitrogens with zero attached hydrogens (tertiary/aromatic N) is 1. The second-order valence-corrected chi connectivity index (χ2v) is 8.65. The van der Waals surface area contributed by atoms with Gasteiger partial charge < -0.3 is 15.1 Å². The number of aliphatic hydroxyl groups excluding tert-OH is 1. The van der Waals surface area contributed by atoms with Crippen LogP contribution >= 0.6 is 0 Å². The summed E-state index contributed by atoms with van der Waals surface area (Å²) in [5.41, 5.74) is 1.29. The summed E-state index contributed by atoms with van der Waals surface area (Å²) < 4.78 is 0. The van der Waals surface area contributed by atoms with Gasteiger partial charge in [0.2, 0.25) is 5.91 Å². The van der Waals surface area contributed by atoms with Crippen LogP contribution in [-0.2, 0) is 16.0 Å². The fourth-order valence-corrected chi connectivity index (χ4v) is 3.88. The Morgan fingerprint density at radius 3 is 2.69 bits per heavy atom. The van der Waals surface area contributed by atoms with Crippen molar-refractivity contribution in [3.8, 4) is 11.8 Å². The van der Waals surface area contributed by atoms with E-state index in [2.05, 4.69) is 24.0 Å². The van der Waals surface area contributed by atoms with Crippen molar-refractivity contribution in [2.45, 2.75) is 83.3 Å². The number of aliphatic carboxylic acids is 1. The summed E-state index contributed by atoms with van der Waals surface area (Å²) in [5.74, 6) is 5.84. The molecule has 1 fully saturated rings. The number of likely N-dealkylation sites (tertiary alicyclic amines) is 1. The maximum absolute atomic E-state index is 12.2. The number of carbonyl (C=O) groups is 2. The molecule has 1 amide bonds. The van der Waals surface area contributed by atoms with E-state index in [1.165, 1.54) is 5.56 Å². The lowest BCUT2D eigenvalue weighted by Gasteiger charge is -2.23. The number of aliphatic hydroxyl groups is 1. The molecule has 174 valence electrons. The molecule has 0 spiro atoms. The van der Waals surface area contributed by atoms with E-state index in [4.69, 9.17) is 5.11 Å². The number of unbranched alkanes of at least 4 members (excludes halogenated alkanes) is 3. The zero-order valence-electron chi connectivity index (χ0n) is 19.2. The number of hydrogen-bond acceptors (Lipinski definition) is 3. The normalized spacial score (nSPS) is 17.9. The van der Waals surface area contributed by atoms with Gasteiger partial charge in [-0.1, -0.05) is 62.2 Å². The number of carboxylic acid groups (broad SMARTS) is 1. The van der Waals surface area contributed by atoms with Gasteiger partial charge in [0.1, 0.15) is 0 Å². The number of carbonyl (C=O) groups excluding carboxylic acids is 1. The van der Waals surface area contributed by atoms with Crippen molar-refractivity contribution >= 4 is 11.9 Å². The van der Waals surface area contributed by atoms with E-state index >= 15 is 0 Å². The van der Waals surface area contributed by atoms with Crippen LogP contribution in [0.4, 0.5) is 0 Å². The number of hydrogen-bond donors (Lipinski definition) is 2. The van der Waals surface area contributed by atoms with Crippen LogP contribution in [0.1, 0.15) is 70.3 Å². The fourth-order valence-electron chi connectivity index (χ4n) is 3.88. The van der Waals surface area contributed by atoms with Crippen LogP contribution in [0.25, 0.3) is 0 Å². The molecular weight excluding hydrogens is 402 g/mol. The van der Waals surface area contributed by atoms with Gasteiger partial charge in [-0.15, -0.1) is 11.8 Å². The van der Waals surface area contributed by atoms with Gasteiger partial charge in [-0.05, 0) is 37.2 Å². The van der Waals surface area contributed by atoms with Gasteiger partial charge in [-0.25, -0.2) is 0 Å². The van der Waals surface area contributed by atoms with Crippen molar-refractivity contribution in [3.63, 3.8) is 0 Å². The molecule has 1 aliphatic heterocycles. The molecule has 5 nitrogen and oxygen atoms in total. The van der Waals surface area contributed by atoms with E-state index in [9.17, 15) is 14.7 Å². The minimum Gasteiger partial charge on any atom is -0.481 e. The second kappa shape index (κ2) is 14.5. The molecule has 1 aromatic carbocycles. The molecule has 1 heterocycles. The quantitative estimate of drug-likeness (QED) is 0.268. The second-order valence-electron chi connectivity index (χ2n) is 8.65. The smallest absolute Gasteiger partial charge is 0.303 e. The zero-order valence-corrected chi connectivity index (χ0v) is 19.2.